The Morgan fingerprint density at radius 1 is 0.968 bits per heavy atom. The molecular weight excluding hydrogens is 485 g/mol. The zero-order valence-electron chi connectivity index (χ0n) is 17.0. The van der Waals surface area contributed by atoms with Crippen LogP contribution in [0.3, 0.4) is 0 Å². The lowest BCUT2D eigenvalue weighted by Crippen LogP contribution is -2.56. The summed E-state index contributed by atoms with van der Waals surface area (Å²) in [6, 6.07) is 12.3. The van der Waals surface area contributed by atoms with Crippen LogP contribution in [0.2, 0.25) is 0 Å². The van der Waals surface area contributed by atoms with Gasteiger partial charge >= 0.3 is 0 Å². The van der Waals surface area contributed by atoms with Crippen molar-refractivity contribution in [2.75, 3.05) is 26.6 Å². The summed E-state index contributed by atoms with van der Waals surface area (Å²) in [5, 5.41) is 8.53. The van der Waals surface area contributed by atoms with Gasteiger partial charge in [0.05, 0.1) is 33.4 Å². The van der Waals surface area contributed by atoms with Crippen LogP contribution in [-0.4, -0.2) is 42.3 Å². The molecule has 31 heavy (non-hydrogen) atoms. The zero-order valence-corrected chi connectivity index (χ0v) is 20.1. The van der Waals surface area contributed by atoms with E-state index >= 15 is 0 Å². The predicted molar refractivity (Wildman–Crippen MR) is 128 cm³/mol. The molecule has 0 spiro atoms. The number of benzene rings is 2. The molecule has 0 saturated carbocycles. The molecule has 2 aromatic carbocycles. The Hall–Kier alpha value is -2.13. The van der Waals surface area contributed by atoms with Gasteiger partial charge in [0, 0.05) is 0 Å². The van der Waals surface area contributed by atoms with Gasteiger partial charge < -0.3 is 30.2 Å². The number of hydrogen-bond donors (Lipinski definition) is 3. The molecule has 0 aliphatic rings. The monoisotopic (exact) mass is 505 g/mol. The number of carbonyl (C=O) groups is 1. The number of anilines is 1. The van der Waals surface area contributed by atoms with Crippen molar-refractivity contribution in [1.82, 2.24) is 10.6 Å². The smallest absolute Gasteiger partial charge is 0.228 e. The van der Waals surface area contributed by atoms with Gasteiger partial charge in [-0.3, -0.25) is 4.79 Å². The van der Waals surface area contributed by atoms with Crippen LogP contribution in [0.4, 0.5) is 5.69 Å². The summed E-state index contributed by atoms with van der Waals surface area (Å²) >= 11 is 23.4. The second-order valence-corrected chi connectivity index (χ2v) is 8.98. The molecule has 0 heterocycles. The van der Waals surface area contributed by atoms with Crippen LogP contribution in [0.15, 0.2) is 42.5 Å². The highest BCUT2D eigenvalue weighted by Crippen LogP contribution is 2.30. The standard InChI is InChI=1S/C20H22Cl3N3O4S/c1-28-14-7-5-4-6-13(14)24-19(31)26-18(20(21,22)23)25-17(27)11-12-8-9-15(29-2)16(10-12)30-3/h4-10,18H,11H2,1-3H3,(H,25,27)(H2,24,26,31)/t18-/m0/s1. The zero-order chi connectivity index (χ0) is 23.0. The van der Waals surface area contributed by atoms with Gasteiger partial charge in [0.15, 0.2) is 16.6 Å². The Morgan fingerprint density at radius 2 is 1.61 bits per heavy atom. The maximum atomic E-state index is 12.6. The van der Waals surface area contributed by atoms with E-state index in [2.05, 4.69) is 16.0 Å². The third-order valence-electron chi connectivity index (χ3n) is 4.08. The van der Waals surface area contributed by atoms with E-state index in [0.29, 0.717) is 28.5 Å². The van der Waals surface area contributed by atoms with Crippen molar-refractivity contribution in [2.24, 2.45) is 0 Å². The summed E-state index contributed by atoms with van der Waals surface area (Å²) in [5.41, 5.74) is 1.30. The lowest BCUT2D eigenvalue weighted by Gasteiger charge is -2.28. The van der Waals surface area contributed by atoms with Crippen LogP contribution in [-0.2, 0) is 11.2 Å². The van der Waals surface area contributed by atoms with Crippen molar-refractivity contribution >= 4 is 63.7 Å². The molecule has 11 heteroatoms. The van der Waals surface area contributed by atoms with Gasteiger partial charge in [0.25, 0.3) is 0 Å². The highest BCUT2D eigenvalue weighted by atomic mass is 35.6. The number of alkyl halides is 3. The maximum absolute atomic E-state index is 12.6. The van der Waals surface area contributed by atoms with E-state index < -0.39 is 15.9 Å². The molecule has 2 aromatic rings. The summed E-state index contributed by atoms with van der Waals surface area (Å²) in [4.78, 5) is 12.6. The Kier molecular flexibility index (Phi) is 9.31. The molecule has 0 bridgehead atoms. The average Bonchev–Trinajstić information content (AvgIpc) is 2.72. The third-order valence-corrected chi connectivity index (χ3v) is 4.95. The molecule has 3 N–H and O–H groups in total. The summed E-state index contributed by atoms with van der Waals surface area (Å²) in [5.74, 6) is 1.25. The fourth-order valence-corrected chi connectivity index (χ4v) is 3.18. The molecule has 1 amide bonds. The molecule has 0 aromatic heterocycles. The van der Waals surface area contributed by atoms with Crippen molar-refractivity contribution in [2.45, 2.75) is 16.4 Å². The second-order valence-electron chi connectivity index (χ2n) is 6.21. The molecular formula is C20H22Cl3N3O4S. The van der Waals surface area contributed by atoms with Crippen molar-refractivity contribution in [3.63, 3.8) is 0 Å². The van der Waals surface area contributed by atoms with Crippen LogP contribution < -0.4 is 30.2 Å². The summed E-state index contributed by atoms with van der Waals surface area (Å²) in [6.07, 6.45) is -1.08. The van der Waals surface area contributed by atoms with E-state index in [0.717, 1.165) is 0 Å². The van der Waals surface area contributed by atoms with Gasteiger partial charge in [0.2, 0.25) is 9.70 Å². The first-order valence-electron chi connectivity index (χ1n) is 8.95. The molecule has 168 valence electrons. The first-order valence-corrected chi connectivity index (χ1v) is 10.5. The van der Waals surface area contributed by atoms with E-state index in [9.17, 15) is 4.79 Å². The third kappa shape index (κ3) is 7.50. The average molecular weight is 507 g/mol. The van der Waals surface area contributed by atoms with Gasteiger partial charge in [-0.05, 0) is 42.0 Å². The summed E-state index contributed by atoms with van der Waals surface area (Å²) in [6.45, 7) is 0. The number of carbonyl (C=O) groups excluding carboxylic acids is 1. The maximum Gasteiger partial charge on any atom is 0.228 e. The van der Waals surface area contributed by atoms with E-state index in [1.807, 2.05) is 12.1 Å². The number of ether oxygens (including phenoxy) is 3. The Labute approximate surface area is 201 Å². The van der Waals surface area contributed by atoms with Crippen LogP contribution in [0.1, 0.15) is 5.56 Å². The van der Waals surface area contributed by atoms with E-state index in [1.165, 1.54) is 21.3 Å². The lowest BCUT2D eigenvalue weighted by molar-refractivity contribution is -0.121. The molecule has 0 radical (unpaired) electrons. The van der Waals surface area contributed by atoms with Gasteiger partial charge in [-0.25, -0.2) is 0 Å². The van der Waals surface area contributed by atoms with E-state index in [-0.39, 0.29) is 11.5 Å². The SMILES string of the molecule is COc1ccccc1NC(=S)N[C@H](NC(=O)Cc1ccc(OC)c(OC)c1)C(Cl)(Cl)Cl. The van der Waals surface area contributed by atoms with Crippen LogP contribution in [0, 0.1) is 0 Å². The Morgan fingerprint density at radius 3 is 2.23 bits per heavy atom. The highest BCUT2D eigenvalue weighted by molar-refractivity contribution is 7.80. The van der Waals surface area contributed by atoms with Gasteiger partial charge in [-0.15, -0.1) is 0 Å². The minimum absolute atomic E-state index is 0.0198. The number of hydrogen-bond acceptors (Lipinski definition) is 5. The fourth-order valence-electron chi connectivity index (χ4n) is 2.63. The van der Waals surface area contributed by atoms with E-state index in [1.54, 1.807) is 30.3 Å². The minimum atomic E-state index is -1.88. The van der Waals surface area contributed by atoms with Gasteiger partial charge in [-0.1, -0.05) is 53.0 Å². The normalized spacial score (nSPS) is 11.8. The van der Waals surface area contributed by atoms with Crippen LogP contribution >= 0.6 is 47.0 Å². The molecule has 0 unspecified atom stereocenters. The summed E-state index contributed by atoms with van der Waals surface area (Å²) in [7, 11) is 4.58. The molecule has 0 aliphatic heterocycles. The molecule has 2 rings (SSSR count). The topological polar surface area (TPSA) is 80.9 Å². The molecule has 1 atom stereocenters. The Bertz CT molecular complexity index is 925. The predicted octanol–water partition coefficient (Wildman–Crippen LogP) is 4.05. The highest BCUT2D eigenvalue weighted by Gasteiger charge is 2.34. The quantitative estimate of drug-likeness (QED) is 0.283. The van der Waals surface area contributed by atoms with Crippen molar-refractivity contribution < 1.29 is 19.0 Å². The number of thiocarbonyl (C=S) groups is 1. The lowest BCUT2D eigenvalue weighted by atomic mass is 10.1. The molecule has 0 aliphatic carbocycles. The number of rotatable bonds is 8. The molecule has 0 saturated heterocycles. The number of halogens is 3. The summed E-state index contributed by atoms with van der Waals surface area (Å²) < 4.78 is 13.8. The van der Waals surface area contributed by atoms with E-state index in [4.69, 9.17) is 61.2 Å². The molecule has 7 nitrogen and oxygen atoms in total. The van der Waals surface area contributed by atoms with Gasteiger partial charge in [-0.2, -0.15) is 0 Å². The van der Waals surface area contributed by atoms with Crippen LogP contribution in [0.25, 0.3) is 0 Å². The fraction of sp³-hybridized carbons (Fsp3) is 0.300. The number of para-hydroxylation sites is 2. The van der Waals surface area contributed by atoms with Crippen molar-refractivity contribution in [3.05, 3.63) is 48.0 Å². The second kappa shape index (κ2) is 11.5. The first-order chi connectivity index (χ1) is 14.7. The van der Waals surface area contributed by atoms with Crippen molar-refractivity contribution in [3.8, 4) is 17.2 Å². The van der Waals surface area contributed by atoms with Gasteiger partial charge in [0.1, 0.15) is 11.9 Å². The Balaban J connectivity index is 2.06. The van der Waals surface area contributed by atoms with Crippen molar-refractivity contribution in [1.29, 1.82) is 0 Å². The first kappa shape index (κ1) is 25.1. The largest absolute Gasteiger partial charge is 0.495 e. The minimum Gasteiger partial charge on any atom is -0.495 e. The van der Waals surface area contributed by atoms with Crippen LogP contribution in [0.5, 0.6) is 17.2 Å². The molecule has 0 fully saturated rings. The number of amides is 1. The number of nitrogens with one attached hydrogen (secondary N) is 3. The number of methoxy groups -OCH3 is 3.